The Kier molecular flexibility index (Phi) is 8.19. The molecule has 0 unspecified atom stereocenters. The number of amides is 2. The van der Waals surface area contributed by atoms with Gasteiger partial charge in [0.05, 0.1) is 11.0 Å². The second-order valence-corrected chi connectivity index (χ2v) is 13.0. The molecule has 0 aliphatic heterocycles. The fraction of sp³-hybridized carbons (Fsp3) is 0.394. The predicted molar refractivity (Wildman–Crippen MR) is 166 cm³/mol. The van der Waals surface area contributed by atoms with E-state index in [0.717, 1.165) is 11.1 Å². The molecule has 0 saturated carbocycles. The summed E-state index contributed by atoms with van der Waals surface area (Å²) in [7, 11) is 6.71. The van der Waals surface area contributed by atoms with Crippen LogP contribution in [0.25, 0.3) is 21.8 Å². The van der Waals surface area contributed by atoms with Crippen LogP contribution in [-0.4, -0.2) is 82.3 Å². The molecule has 2 amide bonds. The van der Waals surface area contributed by atoms with Gasteiger partial charge in [-0.05, 0) is 89.1 Å². The van der Waals surface area contributed by atoms with Gasteiger partial charge in [-0.2, -0.15) is 0 Å². The molecule has 0 bridgehead atoms. The van der Waals surface area contributed by atoms with Crippen molar-refractivity contribution in [1.82, 2.24) is 18.9 Å². The monoisotopic (exact) mass is 588 g/mol. The van der Waals surface area contributed by atoms with Gasteiger partial charge in [0.2, 0.25) is 0 Å². The average Bonchev–Trinajstić information content (AvgIpc) is 3.43. The van der Waals surface area contributed by atoms with E-state index in [9.17, 15) is 19.2 Å². The van der Waals surface area contributed by atoms with Gasteiger partial charge in [0.25, 0.3) is 11.8 Å². The van der Waals surface area contributed by atoms with Gasteiger partial charge >= 0.3 is 12.2 Å². The van der Waals surface area contributed by atoms with E-state index in [1.807, 2.05) is 0 Å². The van der Waals surface area contributed by atoms with Gasteiger partial charge < -0.3 is 19.3 Å². The Morgan fingerprint density at radius 2 is 0.977 bits per heavy atom. The minimum absolute atomic E-state index is 0.175. The lowest BCUT2D eigenvalue weighted by molar-refractivity contribution is 0.0533. The SMILES string of the molecule is CN(C)C(=O)c1ccc2c(c1)c(Cc1cn(C(=O)OC(C)(C)C)c3ccc(C(=O)N(C)C)cc13)cn2C(=O)OC(C)(C)C. The van der Waals surface area contributed by atoms with E-state index in [0.29, 0.717) is 32.9 Å². The quantitative estimate of drug-likeness (QED) is 0.283. The van der Waals surface area contributed by atoms with Crippen molar-refractivity contribution >= 4 is 45.8 Å². The van der Waals surface area contributed by atoms with Gasteiger partial charge in [-0.1, -0.05) is 0 Å². The Balaban J connectivity index is 1.93. The number of nitrogens with zero attached hydrogens (tertiary/aromatic N) is 4. The molecule has 0 spiro atoms. The van der Waals surface area contributed by atoms with Gasteiger partial charge in [-0.15, -0.1) is 0 Å². The number of aromatic nitrogens is 2. The molecule has 4 rings (SSSR count). The number of benzene rings is 2. The summed E-state index contributed by atoms with van der Waals surface area (Å²) >= 11 is 0. The molecule has 0 radical (unpaired) electrons. The van der Waals surface area contributed by atoms with Crippen LogP contribution in [0.4, 0.5) is 9.59 Å². The molecule has 2 aromatic heterocycles. The van der Waals surface area contributed by atoms with Gasteiger partial charge in [0, 0.05) is 68.9 Å². The van der Waals surface area contributed by atoms with Crippen molar-refractivity contribution in [2.75, 3.05) is 28.2 Å². The van der Waals surface area contributed by atoms with Gasteiger partial charge in [0.15, 0.2) is 0 Å². The van der Waals surface area contributed by atoms with Gasteiger partial charge in [0.1, 0.15) is 11.2 Å². The first kappa shape index (κ1) is 31.3. The lowest BCUT2D eigenvalue weighted by Crippen LogP contribution is -2.26. The highest BCUT2D eigenvalue weighted by Gasteiger charge is 2.25. The van der Waals surface area contributed by atoms with Crippen LogP contribution in [0, 0.1) is 0 Å². The first-order valence-corrected chi connectivity index (χ1v) is 14.0. The molecule has 0 aliphatic rings. The summed E-state index contributed by atoms with van der Waals surface area (Å²) < 4.78 is 14.2. The maximum atomic E-state index is 13.2. The van der Waals surface area contributed by atoms with E-state index in [1.165, 1.54) is 18.9 Å². The van der Waals surface area contributed by atoms with Crippen molar-refractivity contribution in [1.29, 1.82) is 0 Å². The molecule has 0 fully saturated rings. The zero-order valence-electron chi connectivity index (χ0n) is 26.6. The topological polar surface area (TPSA) is 103 Å². The van der Waals surface area contributed by atoms with Gasteiger partial charge in [-0.25, -0.2) is 9.59 Å². The summed E-state index contributed by atoms with van der Waals surface area (Å²) in [6.07, 6.45) is 2.59. The van der Waals surface area contributed by atoms with Crippen LogP contribution in [0.5, 0.6) is 0 Å². The molecule has 4 aromatic rings. The Morgan fingerprint density at radius 1 is 0.628 bits per heavy atom. The Bertz CT molecular complexity index is 1620. The summed E-state index contributed by atoms with van der Waals surface area (Å²) in [5.74, 6) is -0.350. The number of hydrogen-bond donors (Lipinski definition) is 0. The minimum Gasteiger partial charge on any atom is -0.443 e. The fourth-order valence-corrected chi connectivity index (χ4v) is 4.79. The van der Waals surface area contributed by atoms with Crippen LogP contribution in [-0.2, 0) is 15.9 Å². The average molecular weight is 589 g/mol. The van der Waals surface area contributed by atoms with E-state index in [4.69, 9.17) is 9.47 Å². The third-order valence-corrected chi connectivity index (χ3v) is 6.64. The van der Waals surface area contributed by atoms with E-state index in [1.54, 1.807) is 119 Å². The summed E-state index contributed by atoms with van der Waals surface area (Å²) in [4.78, 5) is 55.2. The number of carbonyl (C=O) groups is 4. The normalized spacial score (nSPS) is 12.0. The molecule has 43 heavy (non-hydrogen) atoms. The molecule has 2 aromatic carbocycles. The molecule has 0 aliphatic carbocycles. The molecule has 0 saturated heterocycles. The molecular weight excluding hydrogens is 548 g/mol. The van der Waals surface area contributed by atoms with Crippen LogP contribution in [0.3, 0.4) is 0 Å². The number of ether oxygens (including phenoxy) is 2. The second kappa shape index (κ2) is 11.2. The molecular formula is C33H40N4O6. The number of fused-ring (bicyclic) bond motifs is 2. The van der Waals surface area contributed by atoms with Crippen molar-refractivity contribution in [3.05, 3.63) is 71.0 Å². The van der Waals surface area contributed by atoms with E-state index < -0.39 is 23.4 Å². The highest BCUT2D eigenvalue weighted by molar-refractivity contribution is 6.02. The first-order valence-electron chi connectivity index (χ1n) is 14.0. The van der Waals surface area contributed by atoms with Crippen molar-refractivity contribution in [3.8, 4) is 0 Å². The Hall–Kier alpha value is -4.60. The zero-order chi connectivity index (χ0) is 32.0. The molecule has 2 heterocycles. The summed E-state index contributed by atoms with van der Waals surface area (Å²) in [5, 5.41) is 1.38. The molecule has 0 N–H and O–H groups in total. The zero-order valence-corrected chi connectivity index (χ0v) is 26.6. The maximum Gasteiger partial charge on any atom is 0.419 e. The standard InChI is InChI=1S/C33H40N4O6/c1-32(2,3)42-30(40)36-18-22(24-16-20(11-13-26(24)36)28(38)34(7)8)15-23-19-37(31(41)43-33(4,5)6)27-14-12-21(17-25(23)27)29(39)35(9)10/h11-14,16-19H,15H2,1-10H3. The van der Waals surface area contributed by atoms with E-state index in [2.05, 4.69) is 0 Å². The van der Waals surface area contributed by atoms with Crippen LogP contribution in [0.2, 0.25) is 0 Å². The number of carbonyl (C=O) groups excluding carboxylic acids is 4. The van der Waals surface area contributed by atoms with Gasteiger partial charge in [-0.3, -0.25) is 18.7 Å². The minimum atomic E-state index is -0.717. The maximum absolute atomic E-state index is 13.2. The van der Waals surface area contributed by atoms with Crippen LogP contribution < -0.4 is 0 Å². The second-order valence-electron chi connectivity index (χ2n) is 13.0. The van der Waals surface area contributed by atoms with Crippen molar-refractivity contribution in [3.63, 3.8) is 0 Å². The van der Waals surface area contributed by atoms with Crippen LogP contribution >= 0.6 is 0 Å². The highest BCUT2D eigenvalue weighted by atomic mass is 16.6. The van der Waals surface area contributed by atoms with Crippen molar-refractivity contribution in [2.45, 2.75) is 59.2 Å². The third-order valence-electron chi connectivity index (χ3n) is 6.64. The third kappa shape index (κ3) is 6.74. The van der Waals surface area contributed by atoms with E-state index in [-0.39, 0.29) is 18.2 Å². The van der Waals surface area contributed by atoms with E-state index >= 15 is 0 Å². The predicted octanol–water partition coefficient (Wildman–Crippen LogP) is 6.16. The summed E-state index contributed by atoms with van der Waals surface area (Å²) in [6.45, 7) is 10.8. The number of rotatable bonds is 4. The molecule has 228 valence electrons. The van der Waals surface area contributed by atoms with Crippen molar-refractivity contribution in [2.24, 2.45) is 0 Å². The smallest absolute Gasteiger partial charge is 0.419 e. The Labute approximate surface area is 251 Å². The summed E-state index contributed by atoms with van der Waals surface area (Å²) in [6, 6.07) is 10.4. The highest BCUT2D eigenvalue weighted by Crippen LogP contribution is 2.31. The fourth-order valence-electron chi connectivity index (χ4n) is 4.79. The largest absolute Gasteiger partial charge is 0.443 e. The Morgan fingerprint density at radius 3 is 1.28 bits per heavy atom. The number of hydrogen-bond acceptors (Lipinski definition) is 6. The molecule has 0 atom stereocenters. The first-order chi connectivity index (χ1) is 19.9. The molecule has 10 heteroatoms. The molecule has 10 nitrogen and oxygen atoms in total. The lowest BCUT2D eigenvalue weighted by atomic mass is 10.0. The van der Waals surface area contributed by atoms with Crippen LogP contribution in [0.15, 0.2) is 48.8 Å². The van der Waals surface area contributed by atoms with Crippen LogP contribution in [0.1, 0.15) is 73.4 Å². The summed E-state index contributed by atoms with van der Waals surface area (Å²) in [5.41, 5.74) is 2.14. The lowest BCUT2D eigenvalue weighted by Gasteiger charge is -2.19. The van der Waals surface area contributed by atoms with Crippen molar-refractivity contribution < 1.29 is 28.7 Å².